The van der Waals surface area contributed by atoms with Gasteiger partial charge in [0.25, 0.3) is 0 Å². The molecule has 14 heavy (non-hydrogen) atoms. The zero-order valence-electron chi connectivity index (χ0n) is 10.2. The Hall–Kier alpha value is -0.0800. The molecule has 0 amide bonds. The number of rotatable bonds is 8. The molecule has 2 nitrogen and oxygen atoms in total. The van der Waals surface area contributed by atoms with Crippen molar-refractivity contribution in [2.24, 2.45) is 11.8 Å². The summed E-state index contributed by atoms with van der Waals surface area (Å²) in [6, 6.07) is 0.288. The third-order valence-corrected chi connectivity index (χ3v) is 2.83. The van der Waals surface area contributed by atoms with E-state index in [1.165, 1.54) is 12.8 Å². The summed E-state index contributed by atoms with van der Waals surface area (Å²) in [7, 11) is 0. The van der Waals surface area contributed by atoms with Crippen molar-refractivity contribution in [3.63, 3.8) is 0 Å². The highest BCUT2D eigenvalue weighted by molar-refractivity contribution is 4.69. The van der Waals surface area contributed by atoms with Gasteiger partial charge in [-0.25, -0.2) is 0 Å². The Balaban J connectivity index is 3.70. The van der Waals surface area contributed by atoms with Crippen LogP contribution in [0.1, 0.15) is 47.0 Å². The van der Waals surface area contributed by atoms with Crippen molar-refractivity contribution in [2.75, 3.05) is 13.2 Å². The van der Waals surface area contributed by atoms with E-state index in [0.717, 1.165) is 18.9 Å². The van der Waals surface area contributed by atoms with E-state index in [2.05, 4.69) is 33.0 Å². The van der Waals surface area contributed by atoms with Crippen LogP contribution in [0.15, 0.2) is 0 Å². The average molecular weight is 201 g/mol. The molecule has 0 spiro atoms. The van der Waals surface area contributed by atoms with Crippen LogP contribution >= 0.6 is 0 Å². The molecule has 0 aromatic rings. The summed E-state index contributed by atoms with van der Waals surface area (Å²) < 4.78 is 0. The minimum atomic E-state index is 0.262. The summed E-state index contributed by atoms with van der Waals surface area (Å²) in [5, 5.41) is 12.6. The molecule has 2 N–H and O–H groups in total. The lowest BCUT2D eigenvalue weighted by Crippen LogP contribution is -2.36. The second-order valence-electron chi connectivity index (χ2n) is 4.60. The maximum atomic E-state index is 9.17. The Morgan fingerprint density at radius 2 is 1.71 bits per heavy atom. The van der Waals surface area contributed by atoms with Gasteiger partial charge in [0.2, 0.25) is 0 Å². The number of hydrogen-bond acceptors (Lipinski definition) is 2. The molecule has 86 valence electrons. The predicted molar refractivity (Wildman–Crippen MR) is 62.4 cm³/mol. The fourth-order valence-electron chi connectivity index (χ4n) is 1.70. The van der Waals surface area contributed by atoms with E-state index in [9.17, 15) is 5.11 Å². The molecule has 0 aliphatic carbocycles. The Bertz CT molecular complexity index is 121. The van der Waals surface area contributed by atoms with Gasteiger partial charge in [-0.2, -0.15) is 0 Å². The first kappa shape index (κ1) is 13.9. The molecule has 1 atom stereocenters. The summed E-state index contributed by atoms with van der Waals surface area (Å²) in [4.78, 5) is 0. The first-order chi connectivity index (χ1) is 6.63. The first-order valence-corrected chi connectivity index (χ1v) is 5.98. The van der Waals surface area contributed by atoms with Crippen LogP contribution < -0.4 is 5.32 Å². The maximum Gasteiger partial charge on any atom is 0.0584 e. The lowest BCUT2D eigenvalue weighted by Gasteiger charge is -2.21. The molecule has 0 aromatic carbocycles. The number of nitrogens with one attached hydrogen (secondary N) is 1. The van der Waals surface area contributed by atoms with Gasteiger partial charge < -0.3 is 10.4 Å². The fraction of sp³-hybridized carbons (Fsp3) is 1.00. The highest BCUT2D eigenvalue weighted by Crippen LogP contribution is 2.08. The number of hydrogen-bond donors (Lipinski definition) is 2. The minimum absolute atomic E-state index is 0.262. The lowest BCUT2D eigenvalue weighted by atomic mass is 10.0. The molecule has 0 bridgehead atoms. The molecule has 0 fully saturated rings. The third-order valence-electron chi connectivity index (χ3n) is 2.83. The first-order valence-electron chi connectivity index (χ1n) is 5.98. The van der Waals surface area contributed by atoms with Gasteiger partial charge in [0, 0.05) is 6.04 Å². The lowest BCUT2D eigenvalue weighted by molar-refractivity contribution is 0.217. The normalized spacial score (nSPS) is 13.9. The van der Waals surface area contributed by atoms with E-state index in [0.29, 0.717) is 5.92 Å². The van der Waals surface area contributed by atoms with Gasteiger partial charge in [0.1, 0.15) is 0 Å². The zero-order chi connectivity index (χ0) is 11.0. The molecular formula is C12H27NO. The minimum Gasteiger partial charge on any atom is -0.395 e. The molecule has 0 aromatic heterocycles. The van der Waals surface area contributed by atoms with Gasteiger partial charge >= 0.3 is 0 Å². The van der Waals surface area contributed by atoms with Crippen molar-refractivity contribution >= 4 is 0 Å². The SMILES string of the molecule is CCC(CC)CN[C@@H](CO)CC(C)C. The van der Waals surface area contributed by atoms with Crippen LogP contribution in [0.3, 0.4) is 0 Å². The molecule has 0 aliphatic rings. The monoisotopic (exact) mass is 201 g/mol. The number of aliphatic hydroxyl groups is 1. The van der Waals surface area contributed by atoms with Crippen LogP contribution in [-0.4, -0.2) is 24.3 Å². The fourth-order valence-corrected chi connectivity index (χ4v) is 1.70. The van der Waals surface area contributed by atoms with Gasteiger partial charge in [-0.05, 0) is 24.8 Å². The van der Waals surface area contributed by atoms with Crippen molar-refractivity contribution in [2.45, 2.75) is 53.0 Å². The smallest absolute Gasteiger partial charge is 0.0584 e. The molecule has 0 saturated carbocycles. The predicted octanol–water partition coefficient (Wildman–Crippen LogP) is 2.42. The second-order valence-corrected chi connectivity index (χ2v) is 4.60. The molecule has 2 heteroatoms. The summed E-state index contributed by atoms with van der Waals surface area (Å²) in [6.07, 6.45) is 3.52. The molecule has 0 unspecified atom stereocenters. The molecular weight excluding hydrogens is 174 g/mol. The molecule has 0 aliphatic heterocycles. The van der Waals surface area contributed by atoms with Gasteiger partial charge in [-0.1, -0.05) is 40.5 Å². The van der Waals surface area contributed by atoms with E-state index in [4.69, 9.17) is 0 Å². The van der Waals surface area contributed by atoms with Crippen LogP contribution in [0.25, 0.3) is 0 Å². The molecule has 0 rings (SSSR count). The Labute approximate surface area is 89.1 Å². The molecule has 0 heterocycles. The van der Waals surface area contributed by atoms with Crippen molar-refractivity contribution < 1.29 is 5.11 Å². The van der Waals surface area contributed by atoms with Crippen LogP contribution in [0, 0.1) is 11.8 Å². The Morgan fingerprint density at radius 1 is 1.14 bits per heavy atom. The van der Waals surface area contributed by atoms with Gasteiger partial charge in [0.05, 0.1) is 6.61 Å². The molecule has 0 saturated heterocycles. The second kappa shape index (κ2) is 8.25. The molecule has 0 radical (unpaired) electrons. The van der Waals surface area contributed by atoms with Crippen molar-refractivity contribution in [3.05, 3.63) is 0 Å². The van der Waals surface area contributed by atoms with E-state index < -0.39 is 0 Å². The summed E-state index contributed by atoms with van der Waals surface area (Å²) in [6.45, 7) is 10.2. The van der Waals surface area contributed by atoms with Gasteiger partial charge in [-0.3, -0.25) is 0 Å². The van der Waals surface area contributed by atoms with E-state index in [1.54, 1.807) is 0 Å². The topological polar surface area (TPSA) is 32.3 Å². The van der Waals surface area contributed by atoms with Crippen LogP contribution in [0.2, 0.25) is 0 Å². The van der Waals surface area contributed by atoms with E-state index in [1.807, 2.05) is 0 Å². The van der Waals surface area contributed by atoms with Crippen LogP contribution in [0.4, 0.5) is 0 Å². The average Bonchev–Trinajstić information content (AvgIpc) is 2.17. The standard InChI is InChI=1S/C12H27NO/c1-5-11(6-2)8-13-12(9-14)7-10(3)4/h10-14H,5-9H2,1-4H3/t12-/m1/s1. The van der Waals surface area contributed by atoms with Crippen molar-refractivity contribution in [1.29, 1.82) is 0 Å². The van der Waals surface area contributed by atoms with Gasteiger partial charge in [0.15, 0.2) is 0 Å². The zero-order valence-corrected chi connectivity index (χ0v) is 10.2. The van der Waals surface area contributed by atoms with E-state index >= 15 is 0 Å². The maximum absolute atomic E-state index is 9.17. The summed E-state index contributed by atoms with van der Waals surface area (Å²) >= 11 is 0. The Kier molecular flexibility index (Phi) is 8.20. The summed E-state index contributed by atoms with van der Waals surface area (Å²) in [5.41, 5.74) is 0. The quantitative estimate of drug-likeness (QED) is 0.632. The van der Waals surface area contributed by atoms with E-state index in [-0.39, 0.29) is 12.6 Å². The highest BCUT2D eigenvalue weighted by atomic mass is 16.3. The largest absolute Gasteiger partial charge is 0.395 e. The third kappa shape index (κ3) is 6.39. The number of aliphatic hydroxyl groups excluding tert-OH is 1. The highest BCUT2D eigenvalue weighted by Gasteiger charge is 2.11. The summed E-state index contributed by atoms with van der Waals surface area (Å²) in [5.74, 6) is 1.41. The van der Waals surface area contributed by atoms with Crippen LogP contribution in [-0.2, 0) is 0 Å². The van der Waals surface area contributed by atoms with Gasteiger partial charge in [-0.15, -0.1) is 0 Å². The Morgan fingerprint density at radius 3 is 2.07 bits per heavy atom. The van der Waals surface area contributed by atoms with Crippen LogP contribution in [0.5, 0.6) is 0 Å². The van der Waals surface area contributed by atoms with Crippen molar-refractivity contribution in [1.82, 2.24) is 5.32 Å². The van der Waals surface area contributed by atoms with Crippen molar-refractivity contribution in [3.8, 4) is 0 Å².